The van der Waals surface area contributed by atoms with E-state index in [0.29, 0.717) is 11.9 Å². The van der Waals surface area contributed by atoms with E-state index in [4.69, 9.17) is 16.3 Å². The molecule has 2 heterocycles. The van der Waals surface area contributed by atoms with Gasteiger partial charge in [-0.05, 0) is 13.3 Å². The summed E-state index contributed by atoms with van der Waals surface area (Å²) >= 11 is 5.70. The predicted octanol–water partition coefficient (Wildman–Crippen LogP) is 1.83. The Balaban J connectivity index is 2.10. The van der Waals surface area contributed by atoms with E-state index in [0.717, 1.165) is 24.5 Å². The molecule has 1 aliphatic rings. The van der Waals surface area contributed by atoms with Crippen molar-refractivity contribution in [1.82, 2.24) is 9.97 Å². The molecule has 0 N–H and O–H groups in total. The minimum Gasteiger partial charge on any atom is -0.376 e. The molecule has 0 amide bonds. The lowest BCUT2D eigenvalue weighted by atomic mass is 10.1. The summed E-state index contributed by atoms with van der Waals surface area (Å²) in [7, 11) is 2.01. The molecule has 1 aromatic heterocycles. The lowest BCUT2D eigenvalue weighted by Crippen LogP contribution is -2.37. The van der Waals surface area contributed by atoms with Crippen LogP contribution in [0.25, 0.3) is 0 Å². The van der Waals surface area contributed by atoms with E-state index in [-0.39, 0.29) is 6.10 Å². The molecule has 0 bridgehead atoms. The van der Waals surface area contributed by atoms with Crippen LogP contribution in [0, 0.1) is 0 Å². The molecule has 88 valence electrons. The van der Waals surface area contributed by atoms with E-state index in [1.54, 1.807) is 12.4 Å². The van der Waals surface area contributed by atoms with Crippen LogP contribution in [0.1, 0.15) is 18.9 Å². The molecule has 0 aromatic carbocycles. The Labute approximate surface area is 101 Å². The van der Waals surface area contributed by atoms with Crippen molar-refractivity contribution in [3.63, 3.8) is 0 Å². The standard InChI is InChI=1S/C11H16ClN3O/c1-8-10(3-4-16-8)15(2)11-13-6-9(5-12)7-14-11/h6-8,10H,3-5H2,1-2H3. The molecule has 1 aliphatic heterocycles. The summed E-state index contributed by atoms with van der Waals surface area (Å²) in [5, 5.41) is 0. The number of rotatable bonds is 3. The van der Waals surface area contributed by atoms with Gasteiger partial charge < -0.3 is 9.64 Å². The smallest absolute Gasteiger partial charge is 0.225 e. The Bertz CT molecular complexity index is 344. The summed E-state index contributed by atoms with van der Waals surface area (Å²) in [5.41, 5.74) is 0.939. The zero-order valence-electron chi connectivity index (χ0n) is 9.56. The van der Waals surface area contributed by atoms with Crippen LogP contribution in [0.4, 0.5) is 5.95 Å². The van der Waals surface area contributed by atoms with Gasteiger partial charge in [-0.1, -0.05) is 0 Å². The van der Waals surface area contributed by atoms with Crippen LogP contribution < -0.4 is 4.90 Å². The first kappa shape index (κ1) is 11.6. The van der Waals surface area contributed by atoms with Crippen LogP contribution >= 0.6 is 11.6 Å². The van der Waals surface area contributed by atoms with Crippen molar-refractivity contribution >= 4 is 17.5 Å². The first-order chi connectivity index (χ1) is 7.72. The van der Waals surface area contributed by atoms with Crippen molar-refractivity contribution < 1.29 is 4.74 Å². The van der Waals surface area contributed by atoms with Crippen molar-refractivity contribution in [3.05, 3.63) is 18.0 Å². The maximum Gasteiger partial charge on any atom is 0.225 e. The van der Waals surface area contributed by atoms with Gasteiger partial charge in [-0.3, -0.25) is 0 Å². The summed E-state index contributed by atoms with van der Waals surface area (Å²) < 4.78 is 5.53. The van der Waals surface area contributed by atoms with Gasteiger partial charge in [-0.15, -0.1) is 11.6 Å². The fourth-order valence-corrected chi connectivity index (χ4v) is 2.11. The normalized spacial score (nSPS) is 24.7. The number of aromatic nitrogens is 2. The molecular formula is C11H16ClN3O. The molecule has 5 heteroatoms. The van der Waals surface area contributed by atoms with Crippen LogP contribution in [0.2, 0.25) is 0 Å². The second-order valence-corrected chi connectivity index (χ2v) is 4.34. The zero-order valence-corrected chi connectivity index (χ0v) is 10.3. The molecule has 0 saturated carbocycles. The Morgan fingerprint density at radius 1 is 1.50 bits per heavy atom. The van der Waals surface area contributed by atoms with Crippen molar-refractivity contribution in [2.45, 2.75) is 31.4 Å². The fraction of sp³-hybridized carbons (Fsp3) is 0.636. The summed E-state index contributed by atoms with van der Waals surface area (Å²) in [6.07, 6.45) is 4.80. The largest absolute Gasteiger partial charge is 0.376 e. The molecule has 0 spiro atoms. The summed E-state index contributed by atoms with van der Waals surface area (Å²) in [4.78, 5) is 10.7. The van der Waals surface area contributed by atoms with Crippen molar-refractivity contribution in [2.24, 2.45) is 0 Å². The highest BCUT2D eigenvalue weighted by molar-refractivity contribution is 6.17. The third-order valence-electron chi connectivity index (χ3n) is 3.00. The highest BCUT2D eigenvalue weighted by Crippen LogP contribution is 2.21. The Kier molecular flexibility index (Phi) is 3.61. The van der Waals surface area contributed by atoms with E-state index in [2.05, 4.69) is 21.8 Å². The lowest BCUT2D eigenvalue weighted by Gasteiger charge is -2.26. The van der Waals surface area contributed by atoms with Gasteiger partial charge in [0.2, 0.25) is 5.95 Å². The average molecular weight is 242 g/mol. The molecule has 1 fully saturated rings. The van der Waals surface area contributed by atoms with E-state index < -0.39 is 0 Å². The molecule has 2 atom stereocenters. The average Bonchev–Trinajstić information content (AvgIpc) is 2.75. The number of likely N-dealkylation sites (N-methyl/N-ethyl adjacent to an activating group) is 1. The Morgan fingerprint density at radius 2 is 2.19 bits per heavy atom. The fourth-order valence-electron chi connectivity index (χ4n) is 1.98. The quantitative estimate of drug-likeness (QED) is 0.757. The molecule has 2 rings (SSSR count). The highest BCUT2D eigenvalue weighted by Gasteiger charge is 2.29. The van der Waals surface area contributed by atoms with E-state index in [1.165, 1.54) is 0 Å². The van der Waals surface area contributed by atoms with E-state index in [1.807, 2.05) is 7.05 Å². The van der Waals surface area contributed by atoms with Crippen molar-refractivity contribution in [1.29, 1.82) is 0 Å². The predicted molar refractivity (Wildman–Crippen MR) is 63.8 cm³/mol. The number of nitrogens with zero attached hydrogens (tertiary/aromatic N) is 3. The van der Waals surface area contributed by atoms with E-state index >= 15 is 0 Å². The molecular weight excluding hydrogens is 226 g/mol. The number of ether oxygens (including phenoxy) is 1. The molecule has 1 aromatic rings. The minimum absolute atomic E-state index is 0.237. The number of hydrogen-bond acceptors (Lipinski definition) is 4. The third-order valence-corrected chi connectivity index (χ3v) is 3.30. The maximum absolute atomic E-state index is 5.70. The summed E-state index contributed by atoms with van der Waals surface area (Å²) in [6, 6.07) is 0.363. The number of halogens is 1. The summed E-state index contributed by atoms with van der Waals surface area (Å²) in [6.45, 7) is 2.90. The molecule has 4 nitrogen and oxygen atoms in total. The molecule has 1 saturated heterocycles. The monoisotopic (exact) mass is 241 g/mol. The zero-order chi connectivity index (χ0) is 11.5. The van der Waals surface area contributed by atoms with Crippen LogP contribution in [0.3, 0.4) is 0 Å². The third kappa shape index (κ3) is 2.28. The Hall–Kier alpha value is -0.870. The Morgan fingerprint density at radius 3 is 2.69 bits per heavy atom. The van der Waals surface area contributed by atoms with Crippen molar-refractivity contribution in [2.75, 3.05) is 18.6 Å². The van der Waals surface area contributed by atoms with Crippen LogP contribution in [-0.2, 0) is 10.6 Å². The molecule has 0 radical (unpaired) electrons. The molecule has 2 unspecified atom stereocenters. The molecule has 16 heavy (non-hydrogen) atoms. The van der Waals surface area contributed by atoms with Gasteiger partial charge in [0.1, 0.15) is 0 Å². The minimum atomic E-state index is 0.237. The lowest BCUT2D eigenvalue weighted by molar-refractivity contribution is 0.118. The van der Waals surface area contributed by atoms with Gasteiger partial charge in [0, 0.05) is 31.6 Å². The first-order valence-corrected chi connectivity index (χ1v) is 5.97. The second kappa shape index (κ2) is 4.97. The highest BCUT2D eigenvalue weighted by atomic mass is 35.5. The van der Waals surface area contributed by atoms with Crippen LogP contribution in [0.15, 0.2) is 12.4 Å². The van der Waals surface area contributed by atoms with Gasteiger partial charge in [-0.25, -0.2) is 9.97 Å². The van der Waals surface area contributed by atoms with Crippen molar-refractivity contribution in [3.8, 4) is 0 Å². The number of anilines is 1. The van der Waals surface area contributed by atoms with Gasteiger partial charge >= 0.3 is 0 Å². The van der Waals surface area contributed by atoms with Gasteiger partial charge in [-0.2, -0.15) is 0 Å². The first-order valence-electron chi connectivity index (χ1n) is 5.43. The second-order valence-electron chi connectivity index (χ2n) is 4.07. The van der Waals surface area contributed by atoms with Gasteiger partial charge in [0.05, 0.1) is 18.0 Å². The van der Waals surface area contributed by atoms with Crippen LogP contribution in [0.5, 0.6) is 0 Å². The van der Waals surface area contributed by atoms with E-state index in [9.17, 15) is 0 Å². The van der Waals surface area contributed by atoms with Crippen LogP contribution in [-0.4, -0.2) is 35.8 Å². The number of hydrogen-bond donors (Lipinski definition) is 0. The molecule has 0 aliphatic carbocycles. The topological polar surface area (TPSA) is 38.2 Å². The van der Waals surface area contributed by atoms with Gasteiger partial charge in [0.15, 0.2) is 0 Å². The maximum atomic E-state index is 5.70. The summed E-state index contributed by atoms with van der Waals surface area (Å²) in [5.74, 6) is 1.18. The number of alkyl halides is 1. The SMILES string of the molecule is CC1OCCC1N(C)c1ncc(CCl)cn1. The van der Waals surface area contributed by atoms with Gasteiger partial charge in [0.25, 0.3) is 0 Å².